The van der Waals surface area contributed by atoms with Gasteiger partial charge in [0.2, 0.25) is 17.7 Å². The number of carbonyl (C=O) groups excluding carboxylic acids is 3. The quantitative estimate of drug-likeness (QED) is 0.265. The monoisotopic (exact) mass is 306 g/mol. The molecular weight excluding hydrogens is 288 g/mol. The normalized spacial score (nSPS) is 14.8. The Morgan fingerprint density at radius 1 is 1.15 bits per heavy atom. The molecule has 10 heteroatoms. The van der Waals surface area contributed by atoms with Gasteiger partial charge in [-0.05, 0) is 6.92 Å². The zero-order valence-corrected chi connectivity index (χ0v) is 11.7. The van der Waals surface area contributed by atoms with Crippen molar-refractivity contribution < 1.29 is 24.3 Å². The van der Waals surface area contributed by atoms with Crippen molar-refractivity contribution in [1.29, 1.82) is 0 Å². The average Bonchev–Trinajstić information content (AvgIpc) is 2.33. The number of hydrogen-bond acceptors (Lipinski definition) is 6. The fourth-order valence-electron chi connectivity index (χ4n) is 1.17. The van der Waals surface area contributed by atoms with Crippen molar-refractivity contribution in [3.63, 3.8) is 0 Å². The molecule has 0 aromatic rings. The third-order valence-corrected chi connectivity index (χ3v) is 2.61. The molecule has 0 aromatic heterocycles. The summed E-state index contributed by atoms with van der Waals surface area (Å²) in [6.45, 7) is 1.43. The van der Waals surface area contributed by atoms with Gasteiger partial charge in [-0.2, -0.15) is 12.6 Å². The molecule has 0 rings (SSSR count). The number of thiol groups is 1. The van der Waals surface area contributed by atoms with E-state index in [1.54, 1.807) is 0 Å². The van der Waals surface area contributed by atoms with E-state index in [9.17, 15) is 19.2 Å². The number of hydrogen-bond donors (Lipinski definition) is 6. The highest BCUT2D eigenvalue weighted by Gasteiger charge is 2.27. The molecule has 20 heavy (non-hydrogen) atoms. The summed E-state index contributed by atoms with van der Waals surface area (Å²) >= 11 is 3.89. The zero-order valence-electron chi connectivity index (χ0n) is 10.8. The third kappa shape index (κ3) is 6.38. The lowest BCUT2D eigenvalue weighted by atomic mass is 10.1. The molecule has 114 valence electrons. The smallest absolute Gasteiger partial charge is 0.326 e. The van der Waals surface area contributed by atoms with E-state index in [1.165, 1.54) is 6.92 Å². The van der Waals surface area contributed by atoms with E-state index in [4.69, 9.17) is 16.6 Å². The van der Waals surface area contributed by atoms with Crippen LogP contribution in [0.1, 0.15) is 13.3 Å². The first-order valence-corrected chi connectivity index (χ1v) is 6.30. The van der Waals surface area contributed by atoms with Crippen LogP contribution in [0.2, 0.25) is 0 Å². The second-order valence-electron chi connectivity index (χ2n) is 4.10. The summed E-state index contributed by atoms with van der Waals surface area (Å²) in [4.78, 5) is 44.7. The van der Waals surface area contributed by atoms with Gasteiger partial charge in [0, 0.05) is 5.75 Å². The van der Waals surface area contributed by atoms with Gasteiger partial charge in [0.05, 0.1) is 12.5 Å². The number of carboxylic acid groups (broad SMARTS) is 1. The van der Waals surface area contributed by atoms with Crippen LogP contribution < -0.4 is 22.1 Å². The molecule has 0 spiro atoms. The fourth-order valence-corrected chi connectivity index (χ4v) is 1.43. The standard InChI is InChI=1S/C10H18N4O5S/c1-4(11)8(16)14-6(3-20)9(17)13-5(10(18)19)2-7(12)15/h4-6,20H,2-3,11H2,1H3,(H2,12,15)(H,13,17)(H,14,16)(H,18,19). The van der Waals surface area contributed by atoms with E-state index < -0.39 is 48.2 Å². The van der Waals surface area contributed by atoms with E-state index in [0.29, 0.717) is 0 Å². The first kappa shape index (κ1) is 18.2. The van der Waals surface area contributed by atoms with Gasteiger partial charge < -0.3 is 27.2 Å². The third-order valence-electron chi connectivity index (χ3n) is 2.25. The number of amides is 3. The van der Waals surface area contributed by atoms with Gasteiger partial charge in [0.1, 0.15) is 12.1 Å². The minimum absolute atomic E-state index is 0.0623. The number of nitrogens with one attached hydrogen (secondary N) is 2. The summed E-state index contributed by atoms with van der Waals surface area (Å²) < 4.78 is 0. The molecule has 0 aliphatic carbocycles. The highest BCUT2D eigenvalue weighted by Crippen LogP contribution is 1.96. The van der Waals surface area contributed by atoms with Crippen molar-refractivity contribution >= 4 is 36.3 Å². The Morgan fingerprint density at radius 2 is 1.65 bits per heavy atom. The Balaban J connectivity index is 4.70. The number of aliphatic carboxylic acids is 1. The van der Waals surface area contributed by atoms with E-state index in [1.807, 2.05) is 0 Å². The number of primary amides is 1. The van der Waals surface area contributed by atoms with Crippen molar-refractivity contribution in [2.45, 2.75) is 31.5 Å². The Hall–Kier alpha value is -1.81. The molecule has 3 atom stereocenters. The van der Waals surface area contributed by atoms with Crippen molar-refractivity contribution in [3.05, 3.63) is 0 Å². The Labute approximate surface area is 120 Å². The first-order chi connectivity index (χ1) is 9.18. The second kappa shape index (κ2) is 8.38. The predicted octanol–water partition coefficient (Wildman–Crippen LogP) is -2.81. The summed E-state index contributed by atoms with van der Waals surface area (Å²) in [5, 5.41) is 13.2. The van der Waals surface area contributed by atoms with Crippen LogP contribution in [0.15, 0.2) is 0 Å². The molecule has 3 unspecified atom stereocenters. The second-order valence-corrected chi connectivity index (χ2v) is 4.47. The maximum Gasteiger partial charge on any atom is 0.326 e. The van der Waals surface area contributed by atoms with E-state index in [-0.39, 0.29) is 5.75 Å². The van der Waals surface area contributed by atoms with Crippen molar-refractivity contribution in [2.24, 2.45) is 11.5 Å². The van der Waals surface area contributed by atoms with Gasteiger partial charge in [-0.25, -0.2) is 4.79 Å². The minimum atomic E-state index is -1.46. The molecule has 0 aromatic carbocycles. The van der Waals surface area contributed by atoms with Crippen LogP contribution in [0.4, 0.5) is 0 Å². The molecule has 0 fully saturated rings. The molecule has 3 amide bonds. The number of carboxylic acids is 1. The first-order valence-electron chi connectivity index (χ1n) is 5.67. The molecular formula is C10H18N4O5S. The Bertz CT molecular complexity index is 401. The number of nitrogens with two attached hydrogens (primary N) is 2. The molecule has 0 bridgehead atoms. The minimum Gasteiger partial charge on any atom is -0.480 e. The van der Waals surface area contributed by atoms with Gasteiger partial charge in [0.15, 0.2) is 0 Å². The Morgan fingerprint density at radius 3 is 2.00 bits per heavy atom. The molecule has 0 saturated carbocycles. The lowest BCUT2D eigenvalue weighted by molar-refractivity contribution is -0.143. The average molecular weight is 306 g/mol. The summed E-state index contributed by atoms with van der Waals surface area (Å²) in [7, 11) is 0. The van der Waals surface area contributed by atoms with Gasteiger partial charge in [-0.15, -0.1) is 0 Å². The molecule has 0 aliphatic heterocycles. The summed E-state index contributed by atoms with van der Waals surface area (Å²) in [5.74, 6) is -3.72. The summed E-state index contributed by atoms with van der Waals surface area (Å²) in [6, 6.07) is -3.35. The highest BCUT2D eigenvalue weighted by molar-refractivity contribution is 7.80. The maximum absolute atomic E-state index is 11.8. The van der Waals surface area contributed by atoms with Crippen LogP contribution in [0.5, 0.6) is 0 Å². The van der Waals surface area contributed by atoms with Gasteiger partial charge in [-0.1, -0.05) is 0 Å². The maximum atomic E-state index is 11.8. The van der Waals surface area contributed by atoms with E-state index in [2.05, 4.69) is 23.3 Å². The number of rotatable bonds is 8. The van der Waals surface area contributed by atoms with Gasteiger partial charge in [-0.3, -0.25) is 14.4 Å². The molecule has 0 aliphatic rings. The largest absolute Gasteiger partial charge is 0.480 e. The molecule has 0 saturated heterocycles. The van der Waals surface area contributed by atoms with Gasteiger partial charge in [0.25, 0.3) is 0 Å². The van der Waals surface area contributed by atoms with E-state index >= 15 is 0 Å². The van der Waals surface area contributed by atoms with Gasteiger partial charge >= 0.3 is 5.97 Å². The van der Waals surface area contributed by atoms with E-state index in [0.717, 1.165) is 0 Å². The SMILES string of the molecule is CC(N)C(=O)NC(CS)C(=O)NC(CC(N)=O)C(=O)O. The van der Waals surface area contributed by atoms with Crippen LogP contribution >= 0.6 is 12.6 Å². The predicted molar refractivity (Wildman–Crippen MR) is 72.8 cm³/mol. The number of carbonyl (C=O) groups is 4. The Kier molecular flexibility index (Phi) is 7.62. The molecule has 0 heterocycles. The fraction of sp³-hybridized carbons (Fsp3) is 0.600. The summed E-state index contributed by atoms with van der Waals surface area (Å²) in [6.07, 6.45) is -0.554. The molecule has 9 nitrogen and oxygen atoms in total. The van der Waals surface area contributed by atoms with Crippen molar-refractivity contribution in [3.8, 4) is 0 Å². The van der Waals surface area contributed by atoms with Crippen LogP contribution in [0.25, 0.3) is 0 Å². The van der Waals surface area contributed by atoms with Crippen LogP contribution in [0, 0.1) is 0 Å². The van der Waals surface area contributed by atoms with Crippen LogP contribution in [-0.2, 0) is 19.2 Å². The van der Waals surface area contributed by atoms with Crippen molar-refractivity contribution in [2.75, 3.05) is 5.75 Å². The van der Waals surface area contributed by atoms with Crippen LogP contribution in [0.3, 0.4) is 0 Å². The zero-order chi connectivity index (χ0) is 15.9. The molecule has 7 N–H and O–H groups in total. The highest BCUT2D eigenvalue weighted by atomic mass is 32.1. The lowest BCUT2D eigenvalue weighted by Crippen LogP contribution is -2.55. The lowest BCUT2D eigenvalue weighted by Gasteiger charge is -2.20. The summed E-state index contributed by atoms with van der Waals surface area (Å²) in [5.41, 5.74) is 10.2. The van der Waals surface area contributed by atoms with Crippen LogP contribution in [-0.4, -0.2) is 52.7 Å². The molecule has 0 radical (unpaired) electrons. The topological polar surface area (TPSA) is 165 Å². The van der Waals surface area contributed by atoms with Crippen molar-refractivity contribution in [1.82, 2.24) is 10.6 Å².